The number of fused-ring (bicyclic) bond motifs is 1. The lowest BCUT2D eigenvalue weighted by Crippen LogP contribution is -2.09. The highest BCUT2D eigenvalue weighted by Crippen LogP contribution is 2.33. The number of carbonyl (C=O) groups is 1. The molecule has 0 radical (unpaired) electrons. The molecule has 2 aromatic heterocycles. The molecular formula is C22H18Cl2N4OS. The van der Waals surface area contributed by atoms with Gasteiger partial charge in [0.1, 0.15) is 0 Å². The van der Waals surface area contributed by atoms with Crippen LogP contribution in [0.1, 0.15) is 30.9 Å². The Morgan fingerprint density at radius 1 is 1.17 bits per heavy atom. The van der Waals surface area contributed by atoms with Crippen molar-refractivity contribution in [2.24, 2.45) is 0 Å². The smallest absolute Gasteiger partial charge is 0.250 e. The van der Waals surface area contributed by atoms with Gasteiger partial charge in [-0.15, -0.1) is 16.4 Å². The number of amides is 1. The van der Waals surface area contributed by atoms with E-state index in [1.807, 2.05) is 17.5 Å². The van der Waals surface area contributed by atoms with Gasteiger partial charge in [0.2, 0.25) is 4.96 Å². The third-order valence-electron chi connectivity index (χ3n) is 4.55. The van der Waals surface area contributed by atoms with Gasteiger partial charge in [-0.2, -0.15) is 4.98 Å². The van der Waals surface area contributed by atoms with Crippen molar-refractivity contribution < 1.29 is 4.79 Å². The number of benzene rings is 2. The Kier molecular flexibility index (Phi) is 5.90. The number of rotatable bonds is 5. The molecule has 2 heterocycles. The van der Waals surface area contributed by atoms with Crippen molar-refractivity contribution in [3.63, 3.8) is 0 Å². The predicted molar refractivity (Wildman–Crippen MR) is 125 cm³/mol. The van der Waals surface area contributed by atoms with Gasteiger partial charge in [-0.05, 0) is 41.3 Å². The Morgan fingerprint density at radius 2 is 1.93 bits per heavy atom. The summed E-state index contributed by atoms with van der Waals surface area (Å²) in [5, 5.41) is 10.1. The molecule has 0 fully saturated rings. The van der Waals surface area contributed by atoms with Crippen molar-refractivity contribution in [3.05, 3.63) is 75.1 Å². The molecule has 0 aliphatic carbocycles. The summed E-state index contributed by atoms with van der Waals surface area (Å²) in [5.41, 5.74) is 3.72. The minimum Gasteiger partial charge on any atom is -0.290 e. The van der Waals surface area contributed by atoms with Crippen LogP contribution in [0.3, 0.4) is 0 Å². The number of aromatic nitrogens is 3. The van der Waals surface area contributed by atoms with Crippen molar-refractivity contribution in [2.45, 2.75) is 19.8 Å². The van der Waals surface area contributed by atoms with E-state index in [0.717, 1.165) is 16.8 Å². The summed E-state index contributed by atoms with van der Waals surface area (Å²) < 4.78 is 1.65. The van der Waals surface area contributed by atoms with Crippen molar-refractivity contribution in [2.75, 3.05) is 5.32 Å². The number of thiazole rings is 1. The maximum absolute atomic E-state index is 12.3. The lowest BCUT2D eigenvalue weighted by molar-refractivity contribution is -0.111. The van der Waals surface area contributed by atoms with Gasteiger partial charge in [-0.25, -0.2) is 4.52 Å². The van der Waals surface area contributed by atoms with E-state index >= 15 is 0 Å². The molecule has 4 aromatic rings. The molecule has 0 aliphatic heterocycles. The van der Waals surface area contributed by atoms with Crippen LogP contribution in [0.4, 0.5) is 5.95 Å². The predicted octanol–water partition coefficient (Wildman–Crippen LogP) is 6.54. The van der Waals surface area contributed by atoms with Crippen molar-refractivity contribution >= 4 is 57.4 Å². The largest absolute Gasteiger partial charge is 0.290 e. The molecule has 0 atom stereocenters. The quantitative estimate of drug-likeness (QED) is 0.346. The standard InChI is InChI=1S/C22H18Cl2N4OS/c1-13(2)15-6-3-14(4-7-15)5-10-20(29)25-21-26-22-28(27-21)19(12-30-22)17-11-16(23)8-9-18(17)24/h3-13H,1-2H3,(H,25,27,29)/b10-5+. The SMILES string of the molecule is CC(C)c1ccc(/C=C/C(=O)Nc2nc3scc(-c4cc(Cl)ccc4Cl)n3n2)cc1. The van der Waals surface area contributed by atoms with E-state index in [0.29, 0.717) is 20.9 Å². The van der Waals surface area contributed by atoms with E-state index in [1.54, 1.807) is 28.8 Å². The second-order valence-corrected chi connectivity index (χ2v) is 8.70. The molecule has 0 saturated carbocycles. The number of nitrogens with one attached hydrogen (secondary N) is 1. The second-order valence-electron chi connectivity index (χ2n) is 7.02. The normalized spacial score (nSPS) is 11.6. The molecule has 0 saturated heterocycles. The third kappa shape index (κ3) is 4.41. The van der Waals surface area contributed by atoms with E-state index in [4.69, 9.17) is 23.2 Å². The molecule has 30 heavy (non-hydrogen) atoms. The molecule has 1 N–H and O–H groups in total. The van der Waals surface area contributed by atoms with Gasteiger partial charge in [0.05, 0.1) is 10.7 Å². The molecule has 5 nitrogen and oxygen atoms in total. The minimum absolute atomic E-state index is 0.228. The number of hydrogen-bond acceptors (Lipinski definition) is 4. The van der Waals surface area contributed by atoms with Crippen molar-refractivity contribution in [1.82, 2.24) is 14.6 Å². The first kappa shape index (κ1) is 20.6. The van der Waals surface area contributed by atoms with Gasteiger partial charge < -0.3 is 0 Å². The van der Waals surface area contributed by atoms with Gasteiger partial charge >= 0.3 is 0 Å². The zero-order valence-corrected chi connectivity index (χ0v) is 18.6. The fourth-order valence-corrected chi connectivity index (χ4v) is 4.14. The zero-order valence-electron chi connectivity index (χ0n) is 16.3. The summed E-state index contributed by atoms with van der Waals surface area (Å²) in [4.78, 5) is 17.3. The summed E-state index contributed by atoms with van der Waals surface area (Å²) in [7, 11) is 0. The van der Waals surface area contributed by atoms with E-state index in [1.165, 1.54) is 23.0 Å². The fourth-order valence-electron chi connectivity index (χ4n) is 2.93. The van der Waals surface area contributed by atoms with E-state index in [2.05, 4.69) is 41.4 Å². The highest BCUT2D eigenvalue weighted by Gasteiger charge is 2.15. The van der Waals surface area contributed by atoms with Crippen LogP contribution in [0.25, 0.3) is 22.3 Å². The molecule has 0 bridgehead atoms. The number of hydrogen-bond donors (Lipinski definition) is 1. The zero-order chi connectivity index (χ0) is 21.3. The van der Waals surface area contributed by atoms with Crippen LogP contribution < -0.4 is 5.32 Å². The topological polar surface area (TPSA) is 59.3 Å². The van der Waals surface area contributed by atoms with Gasteiger partial charge in [-0.1, -0.05) is 61.3 Å². The minimum atomic E-state index is -0.302. The van der Waals surface area contributed by atoms with Gasteiger partial charge in [0, 0.05) is 22.0 Å². The first-order chi connectivity index (χ1) is 14.4. The maximum Gasteiger partial charge on any atom is 0.250 e. The van der Waals surface area contributed by atoms with Gasteiger partial charge in [0.25, 0.3) is 11.9 Å². The number of carbonyl (C=O) groups excluding carboxylic acids is 1. The van der Waals surface area contributed by atoms with Gasteiger partial charge in [-0.3, -0.25) is 10.1 Å². The Morgan fingerprint density at radius 3 is 2.67 bits per heavy atom. The number of nitrogens with zero attached hydrogens (tertiary/aromatic N) is 3. The molecule has 0 unspecified atom stereocenters. The third-order valence-corrected chi connectivity index (χ3v) is 5.93. The maximum atomic E-state index is 12.3. The molecule has 0 spiro atoms. The molecule has 1 amide bonds. The van der Waals surface area contributed by atoms with E-state index in [9.17, 15) is 4.79 Å². The van der Waals surface area contributed by atoms with Crippen molar-refractivity contribution in [1.29, 1.82) is 0 Å². The first-order valence-electron chi connectivity index (χ1n) is 9.29. The molecular weight excluding hydrogens is 439 g/mol. The summed E-state index contributed by atoms with van der Waals surface area (Å²) in [6.07, 6.45) is 3.23. The Labute approximate surface area is 188 Å². The average Bonchev–Trinajstić information content (AvgIpc) is 3.29. The van der Waals surface area contributed by atoms with Crippen LogP contribution in [-0.4, -0.2) is 20.5 Å². The van der Waals surface area contributed by atoms with Crippen LogP contribution in [0.2, 0.25) is 10.0 Å². The van der Waals surface area contributed by atoms with Crippen LogP contribution in [0, 0.1) is 0 Å². The molecule has 0 aliphatic rings. The van der Waals surface area contributed by atoms with E-state index < -0.39 is 0 Å². The van der Waals surface area contributed by atoms with Crippen LogP contribution in [-0.2, 0) is 4.79 Å². The number of anilines is 1. The summed E-state index contributed by atoms with van der Waals surface area (Å²) >= 11 is 13.8. The Balaban J connectivity index is 1.51. The molecule has 4 rings (SSSR count). The molecule has 8 heteroatoms. The lowest BCUT2D eigenvalue weighted by atomic mass is 10.0. The second kappa shape index (κ2) is 8.60. The average molecular weight is 457 g/mol. The van der Waals surface area contributed by atoms with Crippen molar-refractivity contribution in [3.8, 4) is 11.3 Å². The lowest BCUT2D eigenvalue weighted by Gasteiger charge is -2.04. The highest BCUT2D eigenvalue weighted by molar-refractivity contribution is 7.15. The van der Waals surface area contributed by atoms with Crippen LogP contribution in [0.5, 0.6) is 0 Å². The number of halogens is 2. The first-order valence-corrected chi connectivity index (χ1v) is 10.9. The summed E-state index contributed by atoms with van der Waals surface area (Å²) in [6, 6.07) is 13.4. The van der Waals surface area contributed by atoms with E-state index in [-0.39, 0.29) is 11.9 Å². The highest BCUT2D eigenvalue weighted by atomic mass is 35.5. The molecule has 2 aromatic carbocycles. The fraction of sp³-hybridized carbons (Fsp3) is 0.136. The Bertz CT molecular complexity index is 1240. The van der Waals surface area contributed by atoms with Crippen LogP contribution >= 0.6 is 34.5 Å². The molecule has 152 valence electrons. The summed E-state index contributed by atoms with van der Waals surface area (Å²) in [6.45, 7) is 4.29. The van der Waals surface area contributed by atoms with Gasteiger partial charge in [0.15, 0.2) is 0 Å². The van der Waals surface area contributed by atoms with Crippen LogP contribution in [0.15, 0.2) is 53.9 Å². The Hall–Kier alpha value is -2.67. The monoisotopic (exact) mass is 456 g/mol. The summed E-state index contributed by atoms with van der Waals surface area (Å²) in [5.74, 6) is 0.397.